The topological polar surface area (TPSA) is 41.9 Å². The van der Waals surface area contributed by atoms with Gasteiger partial charge in [-0.25, -0.2) is 0 Å². The maximum absolute atomic E-state index is 12.8. The van der Waals surface area contributed by atoms with E-state index in [9.17, 15) is 9.50 Å². The summed E-state index contributed by atoms with van der Waals surface area (Å²) in [5, 5.41) is 10.0. The third-order valence-corrected chi connectivity index (χ3v) is 7.02. The fourth-order valence-electron chi connectivity index (χ4n) is 5.09. The van der Waals surface area contributed by atoms with E-state index in [0.717, 1.165) is 71.8 Å². The molecule has 5 heteroatoms. The van der Waals surface area contributed by atoms with Crippen LogP contribution in [0.4, 0.5) is 4.39 Å². The maximum Gasteiger partial charge on any atom is 0.143 e. The highest BCUT2D eigenvalue weighted by atomic mass is 19.1. The monoisotopic (exact) mass is 473 g/mol. The Morgan fingerprint density at radius 1 is 1.17 bits per heavy atom. The predicted octanol–water partition coefficient (Wildman–Crippen LogP) is 6.16. The van der Waals surface area contributed by atoms with Crippen LogP contribution in [0.5, 0.6) is 11.5 Å². The molecule has 1 saturated heterocycles. The van der Waals surface area contributed by atoms with Crippen molar-refractivity contribution in [2.45, 2.75) is 25.9 Å². The lowest BCUT2D eigenvalue weighted by atomic mass is 9.87. The van der Waals surface area contributed by atoms with E-state index in [-0.39, 0.29) is 24.4 Å². The van der Waals surface area contributed by atoms with Gasteiger partial charge in [0.1, 0.15) is 30.0 Å². The molecule has 0 aromatic heterocycles. The Morgan fingerprint density at radius 3 is 2.77 bits per heavy atom. The van der Waals surface area contributed by atoms with Crippen LogP contribution >= 0.6 is 0 Å². The zero-order chi connectivity index (χ0) is 24.2. The Balaban J connectivity index is 1.28. The number of ether oxygens (including phenoxy) is 2. The van der Waals surface area contributed by atoms with Gasteiger partial charge < -0.3 is 14.6 Å². The van der Waals surface area contributed by atoms with Gasteiger partial charge in [0.15, 0.2) is 0 Å². The Labute approximate surface area is 206 Å². The molecule has 182 valence electrons. The summed E-state index contributed by atoms with van der Waals surface area (Å²) >= 11 is 0. The van der Waals surface area contributed by atoms with Crippen molar-refractivity contribution in [2.24, 2.45) is 5.92 Å². The van der Waals surface area contributed by atoms with Gasteiger partial charge in [-0.1, -0.05) is 36.4 Å². The van der Waals surface area contributed by atoms with Crippen LogP contribution in [0.25, 0.3) is 11.1 Å². The number of hydrogen-bond acceptors (Lipinski definition) is 4. The highest BCUT2D eigenvalue weighted by molar-refractivity contribution is 5.96. The average molecular weight is 474 g/mol. The lowest BCUT2D eigenvalue weighted by Gasteiger charge is -2.29. The molecule has 2 atom stereocenters. The van der Waals surface area contributed by atoms with Gasteiger partial charge in [-0.2, -0.15) is 0 Å². The molecule has 1 aliphatic carbocycles. The predicted molar refractivity (Wildman–Crippen MR) is 138 cm³/mol. The van der Waals surface area contributed by atoms with Gasteiger partial charge in [-0.3, -0.25) is 9.29 Å². The molecule has 0 amide bonds. The molecule has 2 aliphatic heterocycles. The maximum atomic E-state index is 12.8. The molecule has 2 aromatic rings. The van der Waals surface area contributed by atoms with Crippen molar-refractivity contribution in [3.63, 3.8) is 0 Å². The lowest BCUT2D eigenvalue weighted by molar-refractivity contribution is 0.175. The molecule has 2 heterocycles. The van der Waals surface area contributed by atoms with E-state index in [1.54, 1.807) is 12.1 Å². The fraction of sp³-hybridized carbons (Fsp3) is 0.333. The molecule has 4 nitrogen and oxygen atoms in total. The Bertz CT molecular complexity index is 1180. The number of phenols is 1. The van der Waals surface area contributed by atoms with Crippen molar-refractivity contribution in [3.8, 4) is 11.5 Å². The van der Waals surface area contributed by atoms with E-state index in [4.69, 9.17) is 9.47 Å². The number of hydrogen-bond donors (Lipinski definition) is 1. The van der Waals surface area contributed by atoms with E-state index < -0.39 is 0 Å². The third kappa shape index (κ3) is 5.35. The van der Waals surface area contributed by atoms with Crippen LogP contribution in [0, 0.1) is 5.92 Å². The number of rotatable bonds is 7. The summed E-state index contributed by atoms with van der Waals surface area (Å²) in [6, 6.07) is 15.5. The Kier molecular flexibility index (Phi) is 7.05. The van der Waals surface area contributed by atoms with Gasteiger partial charge in [-0.05, 0) is 79.4 Å². The van der Waals surface area contributed by atoms with E-state index in [0.29, 0.717) is 6.61 Å². The first-order valence-electron chi connectivity index (χ1n) is 12.4. The number of nitrogens with zero attached hydrogens (tertiary/aromatic N) is 1. The highest BCUT2D eigenvalue weighted by Crippen LogP contribution is 2.42. The van der Waals surface area contributed by atoms with E-state index in [1.165, 1.54) is 0 Å². The van der Waals surface area contributed by atoms with Crippen molar-refractivity contribution in [1.82, 2.24) is 4.90 Å². The third-order valence-electron chi connectivity index (χ3n) is 7.02. The normalized spacial score (nSPS) is 23.3. The second-order valence-corrected chi connectivity index (χ2v) is 9.47. The molecule has 35 heavy (non-hydrogen) atoms. The quantitative estimate of drug-likeness (QED) is 0.523. The second-order valence-electron chi connectivity index (χ2n) is 9.47. The Morgan fingerprint density at radius 2 is 2.03 bits per heavy atom. The number of benzene rings is 2. The number of phenolic OH excluding ortho intramolecular Hbond substituents is 1. The summed E-state index contributed by atoms with van der Waals surface area (Å²) in [7, 11) is 0. The van der Waals surface area contributed by atoms with Crippen LogP contribution in [-0.2, 0) is 4.74 Å². The molecule has 0 spiro atoms. The molecule has 1 N–H and O–H groups in total. The van der Waals surface area contributed by atoms with Crippen LogP contribution in [0.3, 0.4) is 0 Å². The molecule has 0 saturated carbocycles. The average Bonchev–Trinajstić information content (AvgIpc) is 3.34. The molecule has 1 fully saturated rings. The Hall–Kier alpha value is -3.31. The number of halogens is 1. The minimum atomic E-state index is -0.233. The zero-order valence-corrected chi connectivity index (χ0v) is 20.1. The fourth-order valence-corrected chi connectivity index (χ4v) is 5.09. The second kappa shape index (κ2) is 10.5. The van der Waals surface area contributed by atoms with Crippen molar-refractivity contribution < 1.29 is 19.0 Å². The van der Waals surface area contributed by atoms with Gasteiger partial charge in [0.05, 0.1) is 6.67 Å². The summed E-state index contributed by atoms with van der Waals surface area (Å²) in [6.07, 6.45) is 9.86. The van der Waals surface area contributed by atoms with Gasteiger partial charge in [0, 0.05) is 30.1 Å². The molecule has 3 aliphatic rings. The van der Waals surface area contributed by atoms with Crippen LogP contribution in [0.1, 0.15) is 30.9 Å². The minimum Gasteiger partial charge on any atom is -0.508 e. The number of aromatic hydroxyl groups is 1. The van der Waals surface area contributed by atoms with Gasteiger partial charge >= 0.3 is 0 Å². The van der Waals surface area contributed by atoms with E-state index in [2.05, 4.69) is 42.2 Å². The lowest BCUT2D eigenvalue weighted by Crippen LogP contribution is -2.25. The molecule has 2 aromatic carbocycles. The van der Waals surface area contributed by atoms with Crippen LogP contribution in [0.2, 0.25) is 0 Å². The summed E-state index contributed by atoms with van der Waals surface area (Å²) in [4.78, 5) is 2.28. The highest BCUT2D eigenvalue weighted by Gasteiger charge is 2.27. The molecule has 5 rings (SSSR count). The van der Waals surface area contributed by atoms with Crippen molar-refractivity contribution in [3.05, 3.63) is 95.3 Å². The van der Waals surface area contributed by atoms with Gasteiger partial charge in [-0.15, -0.1) is 0 Å². The van der Waals surface area contributed by atoms with Crippen LogP contribution < -0.4 is 4.74 Å². The van der Waals surface area contributed by atoms with Crippen molar-refractivity contribution in [2.75, 3.05) is 32.9 Å². The zero-order valence-electron chi connectivity index (χ0n) is 20.1. The molecule has 0 radical (unpaired) electrons. The summed E-state index contributed by atoms with van der Waals surface area (Å²) < 4.78 is 25.2. The summed E-state index contributed by atoms with van der Waals surface area (Å²) in [6.45, 7) is 5.11. The number of likely N-dealkylation sites (tertiary alicyclic amines) is 1. The molecular weight excluding hydrogens is 441 g/mol. The van der Waals surface area contributed by atoms with Crippen LogP contribution in [-0.4, -0.2) is 49.0 Å². The van der Waals surface area contributed by atoms with Gasteiger partial charge in [0.25, 0.3) is 0 Å². The molecular formula is C30H32FNO3. The standard InChI is InChI=1S/C30H32FNO3/c1-21-27-18-25(33)9-12-28(27)35-29(30(21)24-5-3-2-4-6-24)17-22-7-10-26(11-8-22)34-16-15-32-14-13-23(19-31)20-32/h2-7,9-12,17-18,23,29,33H,8,13-16,19-20H2,1H3. The first-order valence-corrected chi connectivity index (χ1v) is 12.4. The largest absolute Gasteiger partial charge is 0.508 e. The number of alkyl halides is 1. The minimum absolute atomic E-state index is 0.189. The van der Waals surface area contributed by atoms with E-state index in [1.807, 2.05) is 30.3 Å². The molecule has 2 unspecified atom stereocenters. The SMILES string of the molecule is CC1=C(c2ccccc2)C(C=C2C=CC(OCCN3CCC(CF)C3)=CC2)Oc2ccc(O)cc21. The van der Waals surface area contributed by atoms with Crippen molar-refractivity contribution in [1.29, 1.82) is 0 Å². The molecule has 0 bridgehead atoms. The van der Waals surface area contributed by atoms with E-state index >= 15 is 0 Å². The van der Waals surface area contributed by atoms with Crippen molar-refractivity contribution >= 4 is 11.1 Å². The first kappa shape index (κ1) is 23.4. The summed E-state index contributed by atoms with van der Waals surface area (Å²) in [5.74, 6) is 2.08. The number of fused-ring (bicyclic) bond motifs is 1. The van der Waals surface area contributed by atoms with Crippen LogP contribution in [0.15, 0.2) is 84.2 Å². The first-order chi connectivity index (χ1) is 17.1. The van der Waals surface area contributed by atoms with Gasteiger partial charge in [0.2, 0.25) is 0 Å². The smallest absolute Gasteiger partial charge is 0.143 e. The number of allylic oxidation sites excluding steroid dienone is 5. The summed E-state index contributed by atoms with van der Waals surface area (Å²) in [5.41, 5.74) is 5.40.